The van der Waals surface area contributed by atoms with Gasteiger partial charge in [0.1, 0.15) is 0 Å². The summed E-state index contributed by atoms with van der Waals surface area (Å²) in [7, 11) is 0. The van der Waals surface area contributed by atoms with Crippen LogP contribution in [0.3, 0.4) is 0 Å². The molecule has 4 nitrogen and oxygen atoms in total. The second kappa shape index (κ2) is 4.31. The molecule has 1 aliphatic heterocycles. The van der Waals surface area contributed by atoms with Crippen LogP contribution in [0.2, 0.25) is 0 Å². The molecule has 80 valence electrons. The monoisotopic (exact) mass is 205 g/mol. The molecule has 0 atom stereocenters. The SMILES string of the molecule is NCCc1cccc(N2CCNC2=O)c1. The molecule has 1 heterocycles. The Bertz CT molecular complexity index is 365. The molecule has 0 aliphatic carbocycles. The highest BCUT2D eigenvalue weighted by molar-refractivity contribution is 5.94. The van der Waals surface area contributed by atoms with Crippen LogP contribution in [0, 0.1) is 0 Å². The van der Waals surface area contributed by atoms with Gasteiger partial charge in [-0.05, 0) is 30.7 Å². The summed E-state index contributed by atoms with van der Waals surface area (Å²) in [5.74, 6) is 0. The van der Waals surface area contributed by atoms with Crippen molar-refractivity contribution in [1.29, 1.82) is 0 Å². The minimum Gasteiger partial charge on any atom is -0.336 e. The van der Waals surface area contributed by atoms with E-state index in [1.807, 2.05) is 24.3 Å². The molecule has 0 aromatic heterocycles. The number of carbonyl (C=O) groups excluding carboxylic acids is 1. The average molecular weight is 205 g/mol. The normalized spacial score (nSPS) is 15.5. The number of hydrogen-bond donors (Lipinski definition) is 2. The number of urea groups is 1. The molecule has 2 amide bonds. The molecule has 0 spiro atoms. The van der Waals surface area contributed by atoms with Crippen molar-refractivity contribution in [3.8, 4) is 0 Å². The number of hydrogen-bond acceptors (Lipinski definition) is 2. The Hall–Kier alpha value is -1.55. The first kappa shape index (κ1) is 9.98. The fourth-order valence-corrected chi connectivity index (χ4v) is 1.76. The fraction of sp³-hybridized carbons (Fsp3) is 0.364. The van der Waals surface area contributed by atoms with Gasteiger partial charge in [0.25, 0.3) is 0 Å². The predicted octanol–water partition coefficient (Wildman–Crippen LogP) is 0.717. The van der Waals surface area contributed by atoms with Crippen molar-refractivity contribution in [2.24, 2.45) is 5.73 Å². The molecule has 1 aromatic carbocycles. The number of carbonyl (C=O) groups is 1. The van der Waals surface area contributed by atoms with Crippen LogP contribution in [0.25, 0.3) is 0 Å². The number of nitrogens with zero attached hydrogens (tertiary/aromatic N) is 1. The number of rotatable bonds is 3. The lowest BCUT2D eigenvalue weighted by molar-refractivity contribution is 0.252. The lowest BCUT2D eigenvalue weighted by atomic mass is 10.1. The third-order valence-electron chi connectivity index (χ3n) is 2.51. The summed E-state index contributed by atoms with van der Waals surface area (Å²) in [6, 6.07) is 7.96. The molecule has 0 bridgehead atoms. The molecule has 1 fully saturated rings. The van der Waals surface area contributed by atoms with Crippen LogP contribution < -0.4 is 16.0 Å². The van der Waals surface area contributed by atoms with Gasteiger partial charge in [-0.1, -0.05) is 12.1 Å². The van der Waals surface area contributed by atoms with E-state index in [0.29, 0.717) is 6.54 Å². The minimum absolute atomic E-state index is 0.0140. The van der Waals surface area contributed by atoms with Crippen molar-refractivity contribution in [2.45, 2.75) is 6.42 Å². The Morgan fingerprint density at radius 1 is 1.47 bits per heavy atom. The molecule has 1 saturated heterocycles. The standard InChI is InChI=1S/C11H15N3O/c12-5-4-9-2-1-3-10(8-9)14-7-6-13-11(14)15/h1-3,8H,4-7,12H2,(H,13,15). The second-order valence-electron chi connectivity index (χ2n) is 3.59. The second-order valence-corrected chi connectivity index (χ2v) is 3.59. The maximum absolute atomic E-state index is 11.4. The Balaban J connectivity index is 2.20. The van der Waals surface area contributed by atoms with Crippen LogP contribution in [0.4, 0.5) is 10.5 Å². The van der Waals surface area contributed by atoms with Gasteiger partial charge in [0.15, 0.2) is 0 Å². The lowest BCUT2D eigenvalue weighted by Gasteiger charge is -2.14. The van der Waals surface area contributed by atoms with E-state index in [4.69, 9.17) is 5.73 Å². The quantitative estimate of drug-likeness (QED) is 0.763. The van der Waals surface area contributed by atoms with E-state index in [-0.39, 0.29) is 6.03 Å². The number of benzene rings is 1. The van der Waals surface area contributed by atoms with Gasteiger partial charge in [0.05, 0.1) is 0 Å². The fourth-order valence-electron chi connectivity index (χ4n) is 1.76. The van der Waals surface area contributed by atoms with Crippen molar-refractivity contribution >= 4 is 11.7 Å². The van der Waals surface area contributed by atoms with Crippen LogP contribution in [0.5, 0.6) is 0 Å². The zero-order valence-electron chi connectivity index (χ0n) is 8.57. The van der Waals surface area contributed by atoms with Crippen LogP contribution in [0.15, 0.2) is 24.3 Å². The molecule has 4 heteroatoms. The molecule has 2 rings (SSSR count). The maximum Gasteiger partial charge on any atom is 0.321 e. The van der Waals surface area contributed by atoms with E-state index in [0.717, 1.165) is 25.2 Å². The first-order chi connectivity index (χ1) is 7.31. The number of amides is 2. The first-order valence-corrected chi connectivity index (χ1v) is 5.15. The lowest BCUT2D eigenvalue weighted by Crippen LogP contribution is -2.27. The minimum atomic E-state index is -0.0140. The Labute approximate surface area is 89.1 Å². The highest BCUT2D eigenvalue weighted by Crippen LogP contribution is 2.18. The summed E-state index contributed by atoms with van der Waals surface area (Å²) in [5.41, 5.74) is 7.63. The van der Waals surface area contributed by atoms with Gasteiger partial charge in [-0.3, -0.25) is 4.90 Å². The molecule has 3 N–H and O–H groups in total. The zero-order valence-corrected chi connectivity index (χ0v) is 8.57. The van der Waals surface area contributed by atoms with Crippen molar-refractivity contribution in [1.82, 2.24) is 5.32 Å². The number of nitrogens with two attached hydrogens (primary N) is 1. The summed E-state index contributed by atoms with van der Waals surface area (Å²) in [5, 5.41) is 2.78. The van der Waals surface area contributed by atoms with E-state index in [1.54, 1.807) is 4.90 Å². The Morgan fingerprint density at radius 3 is 3.00 bits per heavy atom. The summed E-state index contributed by atoms with van der Waals surface area (Å²) in [6.07, 6.45) is 0.850. The molecular weight excluding hydrogens is 190 g/mol. The van der Waals surface area contributed by atoms with E-state index < -0.39 is 0 Å². The van der Waals surface area contributed by atoms with Gasteiger partial charge in [0.2, 0.25) is 0 Å². The Morgan fingerprint density at radius 2 is 2.33 bits per heavy atom. The molecule has 1 aliphatic rings. The predicted molar refractivity (Wildman–Crippen MR) is 59.9 cm³/mol. The van der Waals surface area contributed by atoms with E-state index in [2.05, 4.69) is 5.32 Å². The highest BCUT2D eigenvalue weighted by atomic mass is 16.2. The maximum atomic E-state index is 11.4. The van der Waals surface area contributed by atoms with E-state index in [9.17, 15) is 4.79 Å². The third kappa shape index (κ3) is 2.10. The zero-order chi connectivity index (χ0) is 10.7. The molecule has 0 saturated carbocycles. The molecule has 15 heavy (non-hydrogen) atoms. The molecule has 0 unspecified atom stereocenters. The first-order valence-electron chi connectivity index (χ1n) is 5.15. The van der Waals surface area contributed by atoms with Crippen molar-refractivity contribution in [2.75, 3.05) is 24.5 Å². The summed E-state index contributed by atoms with van der Waals surface area (Å²) in [4.78, 5) is 13.2. The molecule has 0 radical (unpaired) electrons. The summed E-state index contributed by atoms with van der Waals surface area (Å²) >= 11 is 0. The van der Waals surface area contributed by atoms with Crippen molar-refractivity contribution in [3.05, 3.63) is 29.8 Å². The van der Waals surface area contributed by atoms with Gasteiger partial charge >= 0.3 is 6.03 Å². The van der Waals surface area contributed by atoms with Gasteiger partial charge in [0, 0.05) is 18.8 Å². The summed E-state index contributed by atoms with van der Waals surface area (Å²) < 4.78 is 0. The van der Waals surface area contributed by atoms with Crippen LogP contribution in [-0.2, 0) is 6.42 Å². The largest absolute Gasteiger partial charge is 0.336 e. The van der Waals surface area contributed by atoms with Crippen molar-refractivity contribution in [3.63, 3.8) is 0 Å². The third-order valence-corrected chi connectivity index (χ3v) is 2.51. The van der Waals surface area contributed by atoms with Crippen LogP contribution in [0.1, 0.15) is 5.56 Å². The van der Waals surface area contributed by atoms with Gasteiger partial charge in [-0.2, -0.15) is 0 Å². The highest BCUT2D eigenvalue weighted by Gasteiger charge is 2.20. The number of nitrogens with one attached hydrogen (secondary N) is 1. The van der Waals surface area contributed by atoms with Crippen LogP contribution >= 0.6 is 0 Å². The molecular formula is C11H15N3O. The van der Waals surface area contributed by atoms with E-state index >= 15 is 0 Å². The molecule has 1 aromatic rings. The topological polar surface area (TPSA) is 58.4 Å². The van der Waals surface area contributed by atoms with Crippen LogP contribution in [-0.4, -0.2) is 25.7 Å². The Kier molecular flexibility index (Phi) is 2.87. The van der Waals surface area contributed by atoms with E-state index in [1.165, 1.54) is 5.56 Å². The van der Waals surface area contributed by atoms with Gasteiger partial charge in [-0.15, -0.1) is 0 Å². The smallest absolute Gasteiger partial charge is 0.321 e. The van der Waals surface area contributed by atoms with Crippen molar-refractivity contribution < 1.29 is 4.79 Å². The average Bonchev–Trinajstić information content (AvgIpc) is 2.65. The summed E-state index contributed by atoms with van der Waals surface area (Å²) in [6.45, 7) is 2.10. The van der Waals surface area contributed by atoms with Gasteiger partial charge < -0.3 is 11.1 Å². The van der Waals surface area contributed by atoms with Gasteiger partial charge in [-0.25, -0.2) is 4.79 Å². The number of anilines is 1.